The van der Waals surface area contributed by atoms with Gasteiger partial charge in [-0.15, -0.1) is 0 Å². The molecule has 0 aliphatic carbocycles. The van der Waals surface area contributed by atoms with E-state index in [1.807, 2.05) is 24.3 Å². The third-order valence-corrected chi connectivity index (χ3v) is 4.29. The zero-order valence-electron chi connectivity index (χ0n) is 15.2. The van der Waals surface area contributed by atoms with Crippen LogP contribution in [0, 0.1) is 6.92 Å². The number of carbonyl (C=O) groups is 1. The van der Waals surface area contributed by atoms with Crippen molar-refractivity contribution in [1.29, 1.82) is 0 Å². The monoisotopic (exact) mass is 386 g/mol. The van der Waals surface area contributed by atoms with Crippen LogP contribution in [0.2, 0.25) is 5.02 Å². The van der Waals surface area contributed by atoms with Gasteiger partial charge in [-0.25, -0.2) is 4.98 Å². The third kappa shape index (κ3) is 4.23. The van der Waals surface area contributed by atoms with Crippen molar-refractivity contribution >= 4 is 23.2 Å². The number of carbonyl (C=O) groups excluding carboxylic acids is 1. The molecule has 3 rings (SSSR count). The van der Waals surface area contributed by atoms with Gasteiger partial charge in [0.25, 0.3) is 0 Å². The fourth-order valence-electron chi connectivity index (χ4n) is 2.63. The molecule has 0 atom stereocenters. The molecule has 0 saturated heterocycles. The van der Waals surface area contributed by atoms with Gasteiger partial charge in [0.15, 0.2) is 0 Å². The van der Waals surface area contributed by atoms with Crippen LogP contribution in [-0.4, -0.2) is 25.1 Å². The topological polar surface area (TPSA) is 73.6 Å². The first-order valence-corrected chi connectivity index (χ1v) is 8.62. The second-order valence-corrected chi connectivity index (χ2v) is 6.20. The van der Waals surface area contributed by atoms with Crippen LogP contribution in [0.15, 0.2) is 46.9 Å². The maximum atomic E-state index is 12.4. The maximum absolute atomic E-state index is 12.4. The van der Waals surface area contributed by atoms with Gasteiger partial charge in [0, 0.05) is 5.69 Å². The Hall–Kier alpha value is -2.99. The van der Waals surface area contributed by atoms with Gasteiger partial charge in [0.05, 0.1) is 36.9 Å². The quantitative estimate of drug-likeness (QED) is 0.675. The van der Waals surface area contributed by atoms with Gasteiger partial charge >= 0.3 is 0 Å². The van der Waals surface area contributed by atoms with Crippen molar-refractivity contribution in [1.82, 2.24) is 4.98 Å². The summed E-state index contributed by atoms with van der Waals surface area (Å²) in [6, 6.07) is 12.5. The number of benzene rings is 2. The summed E-state index contributed by atoms with van der Waals surface area (Å²) in [5.74, 6) is 1.98. The van der Waals surface area contributed by atoms with E-state index in [0.717, 1.165) is 5.56 Å². The predicted octanol–water partition coefficient (Wildman–Crippen LogP) is 4.50. The van der Waals surface area contributed by atoms with E-state index in [4.69, 9.17) is 25.5 Å². The molecule has 0 unspecified atom stereocenters. The van der Waals surface area contributed by atoms with Crippen molar-refractivity contribution in [2.24, 2.45) is 0 Å². The Kier molecular flexibility index (Phi) is 5.66. The van der Waals surface area contributed by atoms with Crippen LogP contribution in [-0.2, 0) is 11.2 Å². The van der Waals surface area contributed by atoms with E-state index in [-0.39, 0.29) is 12.3 Å². The van der Waals surface area contributed by atoms with Crippen molar-refractivity contribution in [2.75, 3.05) is 19.5 Å². The highest BCUT2D eigenvalue weighted by Crippen LogP contribution is 2.31. The summed E-state index contributed by atoms with van der Waals surface area (Å²) in [7, 11) is 3.12. The molecule has 1 N–H and O–H groups in total. The van der Waals surface area contributed by atoms with E-state index in [0.29, 0.717) is 39.6 Å². The second-order valence-electron chi connectivity index (χ2n) is 5.80. The molecule has 7 heteroatoms. The van der Waals surface area contributed by atoms with Crippen molar-refractivity contribution in [3.05, 3.63) is 58.9 Å². The molecule has 2 aromatic carbocycles. The van der Waals surface area contributed by atoms with E-state index in [1.165, 1.54) is 7.11 Å². The molecule has 3 aromatic rings. The summed E-state index contributed by atoms with van der Waals surface area (Å²) in [6.45, 7) is 1.78. The Morgan fingerprint density at radius 3 is 2.59 bits per heavy atom. The number of hydrogen-bond acceptors (Lipinski definition) is 5. The largest absolute Gasteiger partial charge is 0.496 e. The zero-order chi connectivity index (χ0) is 19.4. The summed E-state index contributed by atoms with van der Waals surface area (Å²) in [5.41, 5.74) is 1.88. The summed E-state index contributed by atoms with van der Waals surface area (Å²) < 4.78 is 16.2. The van der Waals surface area contributed by atoms with Crippen molar-refractivity contribution < 1.29 is 18.7 Å². The van der Waals surface area contributed by atoms with Gasteiger partial charge in [0.2, 0.25) is 11.8 Å². The minimum absolute atomic E-state index is 0.0775. The molecule has 1 aromatic heterocycles. The van der Waals surface area contributed by atoms with E-state index in [9.17, 15) is 4.79 Å². The fourth-order valence-corrected chi connectivity index (χ4v) is 2.89. The summed E-state index contributed by atoms with van der Waals surface area (Å²) in [4.78, 5) is 16.8. The number of para-hydroxylation sites is 1. The van der Waals surface area contributed by atoms with Crippen LogP contribution in [0.25, 0.3) is 11.5 Å². The average molecular weight is 387 g/mol. The second kappa shape index (κ2) is 8.14. The summed E-state index contributed by atoms with van der Waals surface area (Å²) >= 11 is 6.08. The maximum Gasteiger partial charge on any atom is 0.230 e. The summed E-state index contributed by atoms with van der Waals surface area (Å²) in [6.07, 6.45) is 0.0775. The van der Waals surface area contributed by atoms with Gasteiger partial charge in [-0.1, -0.05) is 23.7 Å². The van der Waals surface area contributed by atoms with Gasteiger partial charge in [-0.2, -0.15) is 0 Å². The number of oxazole rings is 1. The van der Waals surface area contributed by atoms with Gasteiger partial charge < -0.3 is 19.2 Å². The number of aromatic nitrogens is 1. The molecule has 0 aliphatic heterocycles. The molecule has 0 spiro atoms. The third-order valence-electron chi connectivity index (χ3n) is 3.99. The van der Waals surface area contributed by atoms with Crippen LogP contribution < -0.4 is 14.8 Å². The van der Waals surface area contributed by atoms with Crippen LogP contribution in [0.5, 0.6) is 11.5 Å². The molecular weight excluding hydrogens is 368 g/mol. The molecule has 0 bridgehead atoms. The number of nitrogens with zero attached hydrogens (tertiary/aromatic N) is 1. The predicted molar refractivity (Wildman–Crippen MR) is 104 cm³/mol. The lowest BCUT2D eigenvalue weighted by atomic mass is 10.2. The molecule has 27 heavy (non-hydrogen) atoms. The Morgan fingerprint density at radius 2 is 1.89 bits per heavy atom. The van der Waals surface area contributed by atoms with Crippen LogP contribution >= 0.6 is 11.6 Å². The molecule has 140 valence electrons. The number of halogens is 1. The van der Waals surface area contributed by atoms with Gasteiger partial charge in [0.1, 0.15) is 17.3 Å². The number of amides is 1. The van der Waals surface area contributed by atoms with Crippen molar-refractivity contribution in [2.45, 2.75) is 13.3 Å². The molecule has 0 radical (unpaired) electrons. The minimum Gasteiger partial charge on any atom is -0.496 e. The average Bonchev–Trinajstić information content (AvgIpc) is 3.02. The highest BCUT2D eigenvalue weighted by atomic mass is 35.5. The number of methoxy groups -OCH3 is 2. The van der Waals surface area contributed by atoms with E-state index < -0.39 is 0 Å². The minimum atomic E-state index is -0.223. The number of hydrogen-bond donors (Lipinski definition) is 1. The Morgan fingerprint density at radius 1 is 1.15 bits per heavy atom. The molecular formula is C20H19ClN2O4. The first-order valence-electron chi connectivity index (χ1n) is 8.25. The number of ether oxygens (including phenoxy) is 2. The summed E-state index contributed by atoms with van der Waals surface area (Å²) in [5, 5.41) is 3.22. The molecule has 1 heterocycles. The van der Waals surface area contributed by atoms with Gasteiger partial charge in [-0.3, -0.25) is 4.79 Å². The van der Waals surface area contributed by atoms with Crippen LogP contribution in [0.3, 0.4) is 0 Å². The smallest absolute Gasteiger partial charge is 0.230 e. The van der Waals surface area contributed by atoms with Crippen molar-refractivity contribution in [3.8, 4) is 23.0 Å². The molecule has 0 fully saturated rings. The van der Waals surface area contributed by atoms with E-state index >= 15 is 0 Å². The number of rotatable bonds is 6. The Bertz CT molecular complexity index is 968. The fraction of sp³-hybridized carbons (Fsp3) is 0.200. The SMILES string of the molecule is COc1ccc(NC(=O)Cc2nc(-c3ccccc3OC)oc2C)cc1Cl. The van der Waals surface area contributed by atoms with E-state index in [2.05, 4.69) is 10.3 Å². The lowest BCUT2D eigenvalue weighted by molar-refractivity contribution is -0.115. The Labute approximate surface area is 162 Å². The zero-order valence-corrected chi connectivity index (χ0v) is 16.0. The van der Waals surface area contributed by atoms with E-state index in [1.54, 1.807) is 32.2 Å². The lowest BCUT2D eigenvalue weighted by Gasteiger charge is -2.07. The van der Waals surface area contributed by atoms with Crippen molar-refractivity contribution in [3.63, 3.8) is 0 Å². The first-order chi connectivity index (χ1) is 13.0. The van der Waals surface area contributed by atoms with Crippen LogP contribution in [0.1, 0.15) is 11.5 Å². The number of aryl methyl sites for hydroxylation is 1. The highest BCUT2D eigenvalue weighted by molar-refractivity contribution is 6.32. The normalized spacial score (nSPS) is 10.5. The molecule has 0 saturated carbocycles. The standard InChI is InChI=1S/C20H19ClN2O4/c1-12-16(23-20(27-12)14-6-4-5-7-17(14)25-2)11-19(24)22-13-8-9-18(26-3)15(21)10-13/h4-10H,11H2,1-3H3,(H,22,24). The number of anilines is 1. The van der Waals surface area contributed by atoms with Gasteiger partial charge in [-0.05, 0) is 37.3 Å². The molecule has 1 amide bonds. The highest BCUT2D eigenvalue weighted by Gasteiger charge is 2.17. The molecule has 6 nitrogen and oxygen atoms in total. The Balaban J connectivity index is 1.75. The number of nitrogens with one attached hydrogen (secondary N) is 1. The molecule has 0 aliphatic rings. The van der Waals surface area contributed by atoms with Crippen LogP contribution in [0.4, 0.5) is 5.69 Å². The lowest BCUT2D eigenvalue weighted by Crippen LogP contribution is -2.15. The first kappa shape index (κ1) is 18.8.